The molecule has 1 unspecified atom stereocenters. The van der Waals surface area contributed by atoms with Crippen LogP contribution in [0.15, 0.2) is 31.0 Å². The van der Waals surface area contributed by atoms with E-state index in [0.717, 1.165) is 25.8 Å². The average molecular weight is 286 g/mol. The molecule has 0 aromatic carbocycles. The molecule has 1 atom stereocenters. The van der Waals surface area contributed by atoms with E-state index >= 15 is 0 Å². The maximum absolute atomic E-state index is 12.4. The quantitative estimate of drug-likeness (QED) is 0.883. The van der Waals surface area contributed by atoms with Crippen molar-refractivity contribution < 1.29 is 4.79 Å². The van der Waals surface area contributed by atoms with E-state index in [1.165, 1.54) is 6.33 Å². The molecule has 1 aliphatic heterocycles. The molecule has 1 fully saturated rings. The first kappa shape index (κ1) is 13.7. The Balaban J connectivity index is 1.69. The molecule has 2 aromatic heterocycles. The minimum absolute atomic E-state index is 0.0162. The number of nitrogens with one attached hydrogen (secondary N) is 2. The first-order chi connectivity index (χ1) is 10.2. The summed E-state index contributed by atoms with van der Waals surface area (Å²) in [5.74, 6) is 0.644. The van der Waals surface area contributed by atoms with E-state index in [1.54, 1.807) is 23.3 Å². The molecule has 0 bridgehead atoms. The highest BCUT2D eigenvalue weighted by Gasteiger charge is 2.34. The zero-order valence-electron chi connectivity index (χ0n) is 11.9. The lowest BCUT2D eigenvalue weighted by Gasteiger charge is -2.33. The topological polar surface area (TPSA) is 84.7 Å². The third kappa shape index (κ3) is 2.92. The van der Waals surface area contributed by atoms with Crippen molar-refractivity contribution in [2.75, 3.05) is 11.9 Å². The summed E-state index contributed by atoms with van der Waals surface area (Å²) < 4.78 is 1.57. The molecule has 0 radical (unpaired) electrons. The minimum atomic E-state index is -0.497. The number of nitrogens with zero attached hydrogens (tertiary/aromatic N) is 4. The fourth-order valence-corrected chi connectivity index (χ4v) is 2.44. The molecule has 1 amide bonds. The zero-order chi connectivity index (χ0) is 14.7. The van der Waals surface area contributed by atoms with Gasteiger partial charge in [0.2, 0.25) is 5.91 Å². The van der Waals surface area contributed by atoms with Gasteiger partial charge in [-0.1, -0.05) is 0 Å². The molecule has 0 saturated carbocycles. The predicted molar refractivity (Wildman–Crippen MR) is 78.0 cm³/mol. The molecule has 2 aromatic rings. The Bertz CT molecular complexity index is 601. The fraction of sp³-hybridized carbons (Fsp3) is 0.429. The molecule has 0 spiro atoms. The first-order valence-corrected chi connectivity index (χ1v) is 7.05. The van der Waals surface area contributed by atoms with E-state index in [1.807, 2.05) is 13.0 Å². The van der Waals surface area contributed by atoms with Crippen LogP contribution in [0.5, 0.6) is 0 Å². The Labute approximate surface area is 122 Å². The molecular formula is C14H18N6O. The Morgan fingerprint density at radius 2 is 2.33 bits per heavy atom. The summed E-state index contributed by atoms with van der Waals surface area (Å²) in [6, 6.07) is 3.61. The molecular weight excluding hydrogens is 268 g/mol. The van der Waals surface area contributed by atoms with Gasteiger partial charge in [-0.15, -0.1) is 0 Å². The van der Waals surface area contributed by atoms with Crippen LogP contribution < -0.4 is 10.6 Å². The lowest BCUT2D eigenvalue weighted by molar-refractivity contribution is -0.122. The highest BCUT2D eigenvalue weighted by Crippen LogP contribution is 2.21. The van der Waals surface area contributed by atoms with Crippen molar-refractivity contribution >= 4 is 11.6 Å². The van der Waals surface area contributed by atoms with E-state index in [2.05, 4.69) is 25.7 Å². The van der Waals surface area contributed by atoms with Crippen LogP contribution in [-0.4, -0.2) is 37.7 Å². The van der Waals surface area contributed by atoms with Gasteiger partial charge in [-0.05, 0) is 44.9 Å². The van der Waals surface area contributed by atoms with Gasteiger partial charge in [-0.3, -0.25) is 4.79 Å². The number of piperidine rings is 1. The monoisotopic (exact) mass is 286 g/mol. The van der Waals surface area contributed by atoms with Crippen molar-refractivity contribution in [3.63, 3.8) is 0 Å². The molecule has 110 valence electrons. The highest BCUT2D eigenvalue weighted by atomic mass is 16.2. The molecule has 1 saturated heterocycles. The van der Waals surface area contributed by atoms with Crippen LogP contribution in [0.2, 0.25) is 0 Å². The van der Waals surface area contributed by atoms with Gasteiger partial charge < -0.3 is 10.6 Å². The summed E-state index contributed by atoms with van der Waals surface area (Å²) in [7, 11) is 0. The Morgan fingerprint density at radius 1 is 1.43 bits per heavy atom. The summed E-state index contributed by atoms with van der Waals surface area (Å²) >= 11 is 0. The maximum Gasteiger partial charge on any atom is 0.244 e. The second-order valence-corrected chi connectivity index (χ2v) is 5.42. The van der Waals surface area contributed by atoms with E-state index in [0.29, 0.717) is 11.5 Å². The number of hydrogen-bond acceptors (Lipinski definition) is 5. The standard InChI is InChI=1S/C14H18N6O/c1-14(6-2-3-7-17-14)13(21)19-11-4-5-12(16-8-11)20-10-15-9-18-20/h4-5,8-10,17H,2-3,6-7H2,1H3,(H,19,21). The molecule has 21 heavy (non-hydrogen) atoms. The normalized spacial score (nSPS) is 22.0. The number of amides is 1. The lowest BCUT2D eigenvalue weighted by atomic mass is 9.90. The van der Waals surface area contributed by atoms with Crippen molar-refractivity contribution in [3.05, 3.63) is 31.0 Å². The summed E-state index contributed by atoms with van der Waals surface area (Å²) in [4.78, 5) is 20.5. The smallest absolute Gasteiger partial charge is 0.244 e. The molecule has 3 rings (SSSR count). The highest BCUT2D eigenvalue weighted by molar-refractivity contribution is 5.97. The van der Waals surface area contributed by atoms with Gasteiger partial charge in [0.1, 0.15) is 12.7 Å². The third-order valence-electron chi connectivity index (χ3n) is 3.78. The Kier molecular flexibility index (Phi) is 3.66. The SMILES string of the molecule is CC1(C(=O)Nc2ccc(-n3cncn3)nc2)CCCCN1. The number of carbonyl (C=O) groups excluding carboxylic acids is 1. The second-order valence-electron chi connectivity index (χ2n) is 5.42. The van der Waals surface area contributed by atoms with Gasteiger partial charge in [0.05, 0.1) is 17.4 Å². The number of anilines is 1. The molecule has 1 aliphatic rings. The van der Waals surface area contributed by atoms with Crippen LogP contribution in [0, 0.1) is 0 Å². The largest absolute Gasteiger partial charge is 0.323 e. The molecule has 7 heteroatoms. The predicted octanol–water partition coefficient (Wildman–Crippen LogP) is 1.13. The van der Waals surface area contributed by atoms with Crippen LogP contribution in [0.3, 0.4) is 0 Å². The van der Waals surface area contributed by atoms with E-state index < -0.39 is 5.54 Å². The van der Waals surface area contributed by atoms with Crippen LogP contribution in [-0.2, 0) is 4.79 Å². The summed E-state index contributed by atoms with van der Waals surface area (Å²) in [5.41, 5.74) is 0.181. The van der Waals surface area contributed by atoms with Crippen molar-refractivity contribution in [2.45, 2.75) is 31.7 Å². The van der Waals surface area contributed by atoms with Gasteiger partial charge >= 0.3 is 0 Å². The number of hydrogen-bond donors (Lipinski definition) is 2. The molecule has 3 heterocycles. The van der Waals surface area contributed by atoms with Gasteiger partial charge in [-0.2, -0.15) is 5.10 Å². The average Bonchev–Trinajstić information content (AvgIpc) is 3.03. The van der Waals surface area contributed by atoms with E-state index in [4.69, 9.17) is 0 Å². The van der Waals surface area contributed by atoms with Gasteiger partial charge in [0.15, 0.2) is 5.82 Å². The maximum atomic E-state index is 12.4. The summed E-state index contributed by atoms with van der Waals surface area (Å²) in [6.45, 7) is 2.83. The minimum Gasteiger partial charge on any atom is -0.323 e. The van der Waals surface area contributed by atoms with Crippen LogP contribution in [0.4, 0.5) is 5.69 Å². The van der Waals surface area contributed by atoms with E-state index in [-0.39, 0.29) is 5.91 Å². The van der Waals surface area contributed by atoms with Crippen molar-refractivity contribution in [3.8, 4) is 5.82 Å². The van der Waals surface area contributed by atoms with Crippen molar-refractivity contribution in [2.24, 2.45) is 0 Å². The van der Waals surface area contributed by atoms with E-state index in [9.17, 15) is 4.79 Å². The van der Waals surface area contributed by atoms with Crippen LogP contribution in [0.25, 0.3) is 5.82 Å². The Hall–Kier alpha value is -2.28. The first-order valence-electron chi connectivity index (χ1n) is 7.05. The molecule has 2 N–H and O–H groups in total. The molecule has 7 nitrogen and oxygen atoms in total. The lowest BCUT2D eigenvalue weighted by Crippen LogP contribution is -2.54. The van der Waals surface area contributed by atoms with Crippen LogP contribution in [0.1, 0.15) is 26.2 Å². The van der Waals surface area contributed by atoms with Crippen molar-refractivity contribution in [1.29, 1.82) is 0 Å². The third-order valence-corrected chi connectivity index (χ3v) is 3.78. The number of pyridine rings is 1. The van der Waals surface area contributed by atoms with Crippen molar-refractivity contribution in [1.82, 2.24) is 25.1 Å². The second kappa shape index (κ2) is 5.61. The fourth-order valence-electron chi connectivity index (χ4n) is 2.44. The number of carbonyl (C=O) groups is 1. The van der Waals surface area contributed by atoms with Gasteiger partial charge in [0, 0.05) is 0 Å². The van der Waals surface area contributed by atoms with Gasteiger partial charge in [-0.25, -0.2) is 14.6 Å². The molecule has 0 aliphatic carbocycles. The number of rotatable bonds is 3. The summed E-state index contributed by atoms with van der Waals surface area (Å²) in [6.07, 6.45) is 7.70. The number of aromatic nitrogens is 4. The summed E-state index contributed by atoms with van der Waals surface area (Å²) in [5, 5.41) is 10.2. The zero-order valence-corrected chi connectivity index (χ0v) is 11.9. The Morgan fingerprint density at radius 3 is 2.95 bits per heavy atom. The van der Waals surface area contributed by atoms with Crippen LogP contribution >= 0.6 is 0 Å². The van der Waals surface area contributed by atoms with Gasteiger partial charge in [0.25, 0.3) is 0 Å².